The van der Waals surface area contributed by atoms with Gasteiger partial charge in [-0.25, -0.2) is 9.78 Å². The van der Waals surface area contributed by atoms with E-state index in [0.29, 0.717) is 25.6 Å². The van der Waals surface area contributed by atoms with Crippen molar-refractivity contribution in [1.29, 1.82) is 0 Å². The van der Waals surface area contributed by atoms with Gasteiger partial charge in [0.05, 0.1) is 19.7 Å². The zero-order valence-electron chi connectivity index (χ0n) is 13.3. The number of aromatic nitrogens is 1. The van der Waals surface area contributed by atoms with Crippen LogP contribution in [0.5, 0.6) is 5.88 Å². The van der Waals surface area contributed by atoms with Gasteiger partial charge in [-0.3, -0.25) is 0 Å². The molecular formula is C17H23N3O3. The van der Waals surface area contributed by atoms with E-state index in [1.54, 1.807) is 6.20 Å². The Morgan fingerprint density at radius 1 is 1.26 bits per heavy atom. The summed E-state index contributed by atoms with van der Waals surface area (Å²) in [5.41, 5.74) is -0.215. The number of urea groups is 1. The molecule has 0 saturated carbocycles. The van der Waals surface area contributed by atoms with E-state index in [9.17, 15) is 4.79 Å². The van der Waals surface area contributed by atoms with Crippen LogP contribution in [-0.4, -0.2) is 65.3 Å². The minimum absolute atomic E-state index is 0.114. The third-order valence-corrected chi connectivity index (χ3v) is 4.98. The number of hydrogen-bond acceptors (Lipinski definition) is 4. The SMILES string of the molecule is O=C(N1CCCC1)N1CC2(C[C@H](Oc3ccccn3)CCO2)C1. The first kappa shape index (κ1) is 14.8. The molecule has 4 rings (SSSR count). The molecule has 4 heterocycles. The molecule has 0 N–H and O–H groups in total. The molecule has 0 bridgehead atoms. The lowest BCUT2D eigenvalue weighted by atomic mass is 9.85. The molecule has 23 heavy (non-hydrogen) atoms. The van der Waals surface area contributed by atoms with E-state index < -0.39 is 0 Å². The summed E-state index contributed by atoms with van der Waals surface area (Å²) in [6.07, 6.45) is 5.81. The lowest BCUT2D eigenvalue weighted by Gasteiger charge is -2.53. The second kappa shape index (κ2) is 6.00. The highest BCUT2D eigenvalue weighted by atomic mass is 16.5. The fourth-order valence-corrected chi connectivity index (χ4v) is 3.78. The van der Waals surface area contributed by atoms with Gasteiger partial charge >= 0.3 is 6.03 Å². The number of rotatable bonds is 2. The van der Waals surface area contributed by atoms with Crippen molar-refractivity contribution < 1.29 is 14.3 Å². The fraction of sp³-hybridized carbons (Fsp3) is 0.647. The average Bonchev–Trinajstić information content (AvgIpc) is 3.07. The Morgan fingerprint density at radius 2 is 2.09 bits per heavy atom. The Labute approximate surface area is 136 Å². The second-order valence-corrected chi connectivity index (χ2v) is 6.76. The molecule has 0 unspecified atom stereocenters. The van der Waals surface area contributed by atoms with Gasteiger partial charge in [0.25, 0.3) is 0 Å². The van der Waals surface area contributed by atoms with E-state index in [1.807, 2.05) is 28.0 Å². The van der Waals surface area contributed by atoms with Crippen molar-refractivity contribution in [2.45, 2.75) is 37.4 Å². The number of amides is 2. The Morgan fingerprint density at radius 3 is 2.83 bits per heavy atom. The van der Waals surface area contributed by atoms with E-state index in [2.05, 4.69) is 4.98 Å². The molecule has 0 radical (unpaired) electrons. The maximum absolute atomic E-state index is 12.4. The van der Waals surface area contributed by atoms with Crippen LogP contribution in [0.1, 0.15) is 25.7 Å². The summed E-state index contributed by atoms with van der Waals surface area (Å²) in [5.74, 6) is 0.666. The zero-order valence-corrected chi connectivity index (χ0v) is 13.3. The molecule has 0 aliphatic carbocycles. The maximum Gasteiger partial charge on any atom is 0.320 e. The summed E-state index contributed by atoms with van der Waals surface area (Å²) in [7, 11) is 0. The molecule has 6 heteroatoms. The Hall–Kier alpha value is -1.82. The van der Waals surface area contributed by atoms with Crippen LogP contribution >= 0.6 is 0 Å². The second-order valence-electron chi connectivity index (χ2n) is 6.76. The fourth-order valence-electron chi connectivity index (χ4n) is 3.78. The van der Waals surface area contributed by atoms with Gasteiger partial charge in [-0.15, -0.1) is 0 Å². The number of nitrogens with zero attached hydrogens (tertiary/aromatic N) is 3. The minimum Gasteiger partial charge on any atom is -0.474 e. The number of ether oxygens (including phenoxy) is 2. The Kier molecular flexibility index (Phi) is 3.85. The average molecular weight is 317 g/mol. The molecule has 0 aromatic carbocycles. The summed E-state index contributed by atoms with van der Waals surface area (Å²) >= 11 is 0. The van der Waals surface area contributed by atoms with Crippen molar-refractivity contribution in [2.24, 2.45) is 0 Å². The van der Waals surface area contributed by atoms with Crippen molar-refractivity contribution in [3.05, 3.63) is 24.4 Å². The lowest BCUT2D eigenvalue weighted by Crippen LogP contribution is -2.69. The molecule has 2 amide bonds. The van der Waals surface area contributed by atoms with Gasteiger partial charge in [-0.05, 0) is 18.9 Å². The molecule has 124 valence electrons. The molecule has 1 spiro atoms. The van der Waals surface area contributed by atoms with E-state index in [0.717, 1.165) is 38.8 Å². The van der Waals surface area contributed by atoms with Gasteiger partial charge in [0.2, 0.25) is 5.88 Å². The summed E-state index contributed by atoms with van der Waals surface area (Å²) in [4.78, 5) is 20.5. The van der Waals surface area contributed by atoms with Gasteiger partial charge in [0.15, 0.2) is 0 Å². The van der Waals surface area contributed by atoms with Crippen LogP contribution in [0.4, 0.5) is 4.79 Å². The minimum atomic E-state index is -0.215. The van der Waals surface area contributed by atoms with Gasteiger partial charge in [0.1, 0.15) is 11.7 Å². The molecule has 3 saturated heterocycles. The van der Waals surface area contributed by atoms with Crippen molar-refractivity contribution in [3.8, 4) is 5.88 Å². The van der Waals surface area contributed by atoms with Crippen molar-refractivity contribution in [3.63, 3.8) is 0 Å². The van der Waals surface area contributed by atoms with E-state index in [1.165, 1.54) is 0 Å². The van der Waals surface area contributed by atoms with Crippen LogP contribution in [0.2, 0.25) is 0 Å². The van der Waals surface area contributed by atoms with Crippen molar-refractivity contribution in [2.75, 3.05) is 32.8 Å². The van der Waals surface area contributed by atoms with Crippen LogP contribution in [0.15, 0.2) is 24.4 Å². The normalized spacial score (nSPS) is 26.2. The number of carbonyl (C=O) groups is 1. The molecule has 1 aromatic rings. The van der Waals surface area contributed by atoms with Crippen molar-refractivity contribution >= 4 is 6.03 Å². The van der Waals surface area contributed by atoms with Gasteiger partial charge in [0, 0.05) is 38.2 Å². The van der Waals surface area contributed by atoms with Crippen LogP contribution in [-0.2, 0) is 4.74 Å². The van der Waals surface area contributed by atoms with Gasteiger partial charge in [-0.1, -0.05) is 6.07 Å². The number of hydrogen-bond donors (Lipinski definition) is 0. The summed E-state index contributed by atoms with van der Waals surface area (Å²) in [6.45, 7) is 3.85. The third-order valence-electron chi connectivity index (χ3n) is 4.98. The number of carbonyl (C=O) groups excluding carboxylic acids is 1. The molecule has 1 aromatic heterocycles. The number of likely N-dealkylation sites (tertiary alicyclic amines) is 2. The van der Waals surface area contributed by atoms with Crippen LogP contribution in [0.25, 0.3) is 0 Å². The topological polar surface area (TPSA) is 54.9 Å². The van der Waals surface area contributed by atoms with Gasteiger partial charge < -0.3 is 19.3 Å². The summed E-state index contributed by atoms with van der Waals surface area (Å²) in [5, 5.41) is 0. The lowest BCUT2D eigenvalue weighted by molar-refractivity contribution is -0.174. The molecule has 1 atom stereocenters. The number of pyridine rings is 1. The quantitative estimate of drug-likeness (QED) is 0.836. The maximum atomic E-state index is 12.4. The smallest absolute Gasteiger partial charge is 0.320 e. The largest absolute Gasteiger partial charge is 0.474 e. The van der Waals surface area contributed by atoms with E-state index in [4.69, 9.17) is 9.47 Å². The predicted octanol–water partition coefficient (Wildman–Crippen LogP) is 1.91. The first-order valence-corrected chi connectivity index (χ1v) is 8.50. The first-order chi connectivity index (χ1) is 11.2. The van der Waals surface area contributed by atoms with E-state index in [-0.39, 0.29) is 17.7 Å². The molecule has 3 fully saturated rings. The highest BCUT2D eigenvalue weighted by Crippen LogP contribution is 2.36. The monoisotopic (exact) mass is 317 g/mol. The summed E-state index contributed by atoms with van der Waals surface area (Å²) in [6, 6.07) is 5.86. The zero-order chi connectivity index (χ0) is 15.7. The van der Waals surface area contributed by atoms with Crippen LogP contribution in [0.3, 0.4) is 0 Å². The highest BCUT2D eigenvalue weighted by Gasteiger charge is 2.50. The summed E-state index contributed by atoms with van der Waals surface area (Å²) < 4.78 is 12.0. The third kappa shape index (κ3) is 3.00. The predicted molar refractivity (Wildman–Crippen MR) is 84.3 cm³/mol. The van der Waals surface area contributed by atoms with Crippen LogP contribution < -0.4 is 4.74 Å². The molecule has 3 aliphatic rings. The van der Waals surface area contributed by atoms with Crippen LogP contribution in [0, 0.1) is 0 Å². The van der Waals surface area contributed by atoms with Gasteiger partial charge in [-0.2, -0.15) is 0 Å². The molecule has 6 nitrogen and oxygen atoms in total. The Bertz CT molecular complexity index is 553. The van der Waals surface area contributed by atoms with Crippen molar-refractivity contribution in [1.82, 2.24) is 14.8 Å². The standard InChI is InChI=1S/C17H23N3O3/c21-16(19-8-3-4-9-19)20-12-17(13-20)11-14(6-10-22-17)23-15-5-1-2-7-18-15/h1-2,5,7,14H,3-4,6,8-13H2/t14-/m1/s1. The van der Waals surface area contributed by atoms with E-state index >= 15 is 0 Å². The highest BCUT2D eigenvalue weighted by molar-refractivity contribution is 5.76. The molecular weight excluding hydrogens is 294 g/mol. The first-order valence-electron chi connectivity index (χ1n) is 8.50. The Balaban J connectivity index is 1.32. The molecule has 3 aliphatic heterocycles.